The first-order chi connectivity index (χ1) is 15.5. The molecule has 3 rings (SSSR count). The minimum absolute atomic E-state index is 0.0101. The lowest BCUT2D eigenvalue weighted by atomic mass is 10.2. The summed E-state index contributed by atoms with van der Waals surface area (Å²) in [5.74, 6) is -1.00. The van der Waals surface area contributed by atoms with Crippen molar-refractivity contribution in [1.29, 1.82) is 0 Å². The third-order valence-corrected chi connectivity index (χ3v) is 4.68. The molecule has 0 bridgehead atoms. The molecular weight excluding hydrogens is 410 g/mol. The maximum absolute atomic E-state index is 12.7. The van der Waals surface area contributed by atoms with Gasteiger partial charge in [-0.15, -0.1) is 0 Å². The Balaban J connectivity index is 1.60. The number of anilines is 2. The summed E-state index contributed by atoms with van der Waals surface area (Å²) in [6, 6.07) is 13.9. The third kappa shape index (κ3) is 6.14. The summed E-state index contributed by atoms with van der Waals surface area (Å²) < 4.78 is 5.25. The van der Waals surface area contributed by atoms with E-state index in [1.807, 2.05) is 26.0 Å². The monoisotopic (exact) mass is 437 g/mol. The molecule has 1 aliphatic rings. The summed E-state index contributed by atoms with van der Waals surface area (Å²) in [5.41, 5.74) is 5.31. The smallest absolute Gasteiger partial charge is 0.292 e. The van der Waals surface area contributed by atoms with Crippen molar-refractivity contribution in [2.24, 2.45) is 4.99 Å². The maximum Gasteiger partial charge on any atom is 0.292 e. The van der Waals surface area contributed by atoms with E-state index in [9.17, 15) is 14.4 Å². The molecule has 3 amide bonds. The number of hydrogen-bond acceptors (Lipinski definition) is 6. The molecule has 0 fully saturated rings. The van der Waals surface area contributed by atoms with Crippen molar-refractivity contribution in [2.75, 3.05) is 36.6 Å². The van der Waals surface area contributed by atoms with Gasteiger partial charge in [0.2, 0.25) is 5.84 Å². The Bertz CT molecular complexity index is 1000. The van der Waals surface area contributed by atoms with E-state index in [1.54, 1.807) is 36.4 Å². The molecule has 0 aliphatic carbocycles. The van der Waals surface area contributed by atoms with E-state index in [2.05, 4.69) is 21.1 Å². The molecule has 0 radical (unpaired) electrons. The lowest BCUT2D eigenvalue weighted by Gasteiger charge is -2.27. The molecule has 9 nitrogen and oxygen atoms in total. The van der Waals surface area contributed by atoms with E-state index in [-0.39, 0.29) is 24.2 Å². The standard InChI is InChI=1S/C23H27N5O4/c1-3-32-13-5-12-24-22(30)17-6-4-7-18(14-17)26-23(31)21-25-15-20(29)28(27-21)19-10-8-16(2)9-11-19/h4,6-11,14H,3,5,12-13,15H2,1-2H3,(H,24,30)(H,25,27)(H,26,31). The SMILES string of the molecule is CCOCCCNC(=O)c1cccc(NC(=O)C2=NCC(=O)N(c3ccc(C)cc3)N2)c1. The van der Waals surface area contributed by atoms with Crippen LogP contribution in [0.2, 0.25) is 0 Å². The van der Waals surface area contributed by atoms with Crippen molar-refractivity contribution in [1.82, 2.24) is 10.7 Å². The van der Waals surface area contributed by atoms with E-state index in [1.165, 1.54) is 5.01 Å². The highest BCUT2D eigenvalue weighted by atomic mass is 16.5. The molecule has 0 aromatic heterocycles. The Morgan fingerprint density at radius 1 is 1.16 bits per heavy atom. The Labute approximate surface area is 186 Å². The Morgan fingerprint density at radius 2 is 1.94 bits per heavy atom. The first-order valence-electron chi connectivity index (χ1n) is 10.5. The molecule has 9 heteroatoms. The van der Waals surface area contributed by atoms with Crippen LogP contribution in [-0.2, 0) is 14.3 Å². The van der Waals surface area contributed by atoms with Crippen molar-refractivity contribution >= 4 is 34.9 Å². The number of hydrazine groups is 1. The van der Waals surface area contributed by atoms with E-state index < -0.39 is 5.91 Å². The highest BCUT2D eigenvalue weighted by molar-refractivity contribution is 6.43. The predicted molar refractivity (Wildman–Crippen MR) is 123 cm³/mol. The third-order valence-electron chi connectivity index (χ3n) is 4.68. The fraction of sp³-hybridized carbons (Fsp3) is 0.304. The number of nitrogens with zero attached hydrogens (tertiary/aromatic N) is 2. The number of amides is 3. The van der Waals surface area contributed by atoms with Crippen LogP contribution in [-0.4, -0.2) is 49.9 Å². The second-order valence-corrected chi connectivity index (χ2v) is 7.18. The molecule has 0 saturated carbocycles. The van der Waals surface area contributed by atoms with Crippen LogP contribution in [0.4, 0.5) is 11.4 Å². The topological polar surface area (TPSA) is 112 Å². The summed E-state index contributed by atoms with van der Waals surface area (Å²) in [4.78, 5) is 41.3. The van der Waals surface area contributed by atoms with Crippen molar-refractivity contribution in [3.8, 4) is 0 Å². The number of amidine groups is 1. The summed E-state index contributed by atoms with van der Waals surface area (Å²) in [7, 11) is 0. The second-order valence-electron chi connectivity index (χ2n) is 7.18. The van der Waals surface area contributed by atoms with Crippen LogP contribution < -0.4 is 21.1 Å². The summed E-state index contributed by atoms with van der Waals surface area (Å²) in [5, 5.41) is 6.84. The highest BCUT2D eigenvalue weighted by Crippen LogP contribution is 2.16. The zero-order chi connectivity index (χ0) is 22.9. The molecular formula is C23H27N5O4. The molecule has 0 saturated heterocycles. The predicted octanol–water partition coefficient (Wildman–Crippen LogP) is 2.04. The van der Waals surface area contributed by atoms with Gasteiger partial charge in [-0.05, 0) is 50.6 Å². The number of nitrogens with one attached hydrogen (secondary N) is 3. The van der Waals surface area contributed by atoms with Crippen molar-refractivity contribution in [3.63, 3.8) is 0 Å². The quantitative estimate of drug-likeness (QED) is 0.520. The van der Waals surface area contributed by atoms with Gasteiger partial charge in [0, 0.05) is 31.0 Å². The molecule has 32 heavy (non-hydrogen) atoms. The normalized spacial score (nSPS) is 13.2. The summed E-state index contributed by atoms with van der Waals surface area (Å²) in [6.45, 7) is 5.46. The molecule has 168 valence electrons. The highest BCUT2D eigenvalue weighted by Gasteiger charge is 2.25. The van der Waals surface area contributed by atoms with Crippen LogP contribution in [0.25, 0.3) is 0 Å². The average molecular weight is 438 g/mol. The number of ether oxygens (including phenoxy) is 1. The molecule has 3 N–H and O–H groups in total. The molecule has 0 spiro atoms. The number of carbonyl (C=O) groups is 3. The van der Waals surface area contributed by atoms with Gasteiger partial charge in [-0.25, -0.2) is 5.01 Å². The first-order valence-corrected chi connectivity index (χ1v) is 10.5. The molecule has 1 aliphatic heterocycles. The van der Waals surface area contributed by atoms with Gasteiger partial charge in [0.25, 0.3) is 17.7 Å². The van der Waals surface area contributed by atoms with Crippen LogP contribution in [0.1, 0.15) is 29.3 Å². The fourth-order valence-corrected chi connectivity index (χ4v) is 3.00. The number of aliphatic imine (C=N–C) groups is 1. The van der Waals surface area contributed by atoms with Gasteiger partial charge in [0.05, 0.1) is 5.69 Å². The van der Waals surface area contributed by atoms with Gasteiger partial charge < -0.3 is 15.4 Å². The zero-order valence-electron chi connectivity index (χ0n) is 18.2. The first kappa shape index (κ1) is 23.0. The Morgan fingerprint density at radius 3 is 2.69 bits per heavy atom. The molecule has 2 aromatic carbocycles. The van der Waals surface area contributed by atoms with Gasteiger partial charge in [-0.1, -0.05) is 23.8 Å². The minimum Gasteiger partial charge on any atom is -0.382 e. The Hall–Kier alpha value is -3.72. The number of hydrogen-bond donors (Lipinski definition) is 3. The van der Waals surface area contributed by atoms with Gasteiger partial charge in [0.15, 0.2) is 0 Å². The Kier molecular flexibility index (Phi) is 7.93. The van der Waals surface area contributed by atoms with Gasteiger partial charge in [0.1, 0.15) is 6.54 Å². The van der Waals surface area contributed by atoms with Crippen LogP contribution in [0.3, 0.4) is 0 Å². The molecule has 0 atom stereocenters. The maximum atomic E-state index is 12.7. The fourth-order valence-electron chi connectivity index (χ4n) is 3.00. The van der Waals surface area contributed by atoms with E-state index >= 15 is 0 Å². The molecule has 2 aromatic rings. The van der Waals surface area contributed by atoms with Crippen LogP contribution >= 0.6 is 0 Å². The van der Waals surface area contributed by atoms with E-state index in [4.69, 9.17) is 4.74 Å². The lowest BCUT2D eigenvalue weighted by molar-refractivity contribution is -0.118. The number of carbonyl (C=O) groups excluding carboxylic acids is 3. The number of aryl methyl sites for hydroxylation is 1. The average Bonchev–Trinajstić information content (AvgIpc) is 2.80. The van der Waals surface area contributed by atoms with Crippen LogP contribution in [0.15, 0.2) is 53.5 Å². The van der Waals surface area contributed by atoms with Gasteiger partial charge in [-0.2, -0.15) is 0 Å². The van der Waals surface area contributed by atoms with E-state index in [0.717, 1.165) is 12.0 Å². The second kappa shape index (κ2) is 11.1. The number of benzene rings is 2. The largest absolute Gasteiger partial charge is 0.382 e. The van der Waals surface area contributed by atoms with E-state index in [0.29, 0.717) is 36.7 Å². The summed E-state index contributed by atoms with van der Waals surface area (Å²) >= 11 is 0. The van der Waals surface area contributed by atoms with Crippen molar-refractivity contribution in [2.45, 2.75) is 20.3 Å². The van der Waals surface area contributed by atoms with Crippen LogP contribution in [0, 0.1) is 6.92 Å². The molecule has 0 unspecified atom stereocenters. The number of rotatable bonds is 9. The zero-order valence-corrected chi connectivity index (χ0v) is 18.2. The lowest BCUT2D eigenvalue weighted by Crippen LogP contribution is -2.54. The van der Waals surface area contributed by atoms with Crippen LogP contribution in [0.5, 0.6) is 0 Å². The van der Waals surface area contributed by atoms with Gasteiger partial charge in [-0.3, -0.25) is 24.8 Å². The van der Waals surface area contributed by atoms with Gasteiger partial charge >= 0.3 is 0 Å². The van der Waals surface area contributed by atoms with Crippen molar-refractivity contribution in [3.05, 3.63) is 59.7 Å². The minimum atomic E-state index is -0.510. The summed E-state index contributed by atoms with van der Waals surface area (Å²) in [6.07, 6.45) is 0.720. The molecule has 1 heterocycles. The van der Waals surface area contributed by atoms with Crippen molar-refractivity contribution < 1.29 is 19.1 Å².